The van der Waals surface area contributed by atoms with Gasteiger partial charge in [-0.1, -0.05) is 0 Å². The molecule has 0 saturated heterocycles. The lowest BCUT2D eigenvalue weighted by atomic mass is 10.2. The molecule has 0 fully saturated rings. The first-order valence-electron chi connectivity index (χ1n) is 5.80. The lowest BCUT2D eigenvalue weighted by Gasteiger charge is -2.12. The molecule has 0 aliphatic rings. The molecule has 1 rings (SSSR count). The summed E-state index contributed by atoms with van der Waals surface area (Å²) in [5, 5.41) is 9.07. The standard InChI is InChI=1S/C12H17NO5S/c1-4-18-11-6-5-9(7-10(11)12(14)15)19(16,17)13-8(2)3/h5-8,13H,4H2,1-3H3,(H,14,15). The van der Waals surface area contributed by atoms with Crippen molar-refractivity contribution in [3.05, 3.63) is 23.8 Å². The van der Waals surface area contributed by atoms with E-state index >= 15 is 0 Å². The molecule has 0 spiro atoms. The lowest BCUT2D eigenvalue weighted by Crippen LogP contribution is -2.30. The Morgan fingerprint density at radius 1 is 1.42 bits per heavy atom. The van der Waals surface area contributed by atoms with Crippen LogP contribution in [0.2, 0.25) is 0 Å². The topological polar surface area (TPSA) is 92.7 Å². The molecule has 0 saturated carbocycles. The smallest absolute Gasteiger partial charge is 0.339 e. The third kappa shape index (κ3) is 3.93. The summed E-state index contributed by atoms with van der Waals surface area (Å²) < 4.78 is 31.4. The van der Waals surface area contributed by atoms with E-state index in [1.54, 1.807) is 20.8 Å². The van der Waals surface area contributed by atoms with Crippen LogP contribution in [-0.2, 0) is 10.0 Å². The number of hydrogen-bond acceptors (Lipinski definition) is 4. The van der Waals surface area contributed by atoms with Crippen molar-refractivity contribution in [2.24, 2.45) is 0 Å². The van der Waals surface area contributed by atoms with Crippen LogP contribution in [0.4, 0.5) is 0 Å². The monoisotopic (exact) mass is 287 g/mol. The minimum atomic E-state index is -3.72. The molecule has 0 aromatic heterocycles. The van der Waals surface area contributed by atoms with Crippen LogP contribution < -0.4 is 9.46 Å². The Bertz CT molecular complexity index is 565. The van der Waals surface area contributed by atoms with Gasteiger partial charge in [0, 0.05) is 6.04 Å². The SMILES string of the molecule is CCOc1ccc(S(=O)(=O)NC(C)C)cc1C(=O)O. The fourth-order valence-corrected chi connectivity index (χ4v) is 2.78. The van der Waals surface area contributed by atoms with E-state index in [2.05, 4.69) is 4.72 Å². The zero-order chi connectivity index (χ0) is 14.6. The van der Waals surface area contributed by atoms with Crippen molar-refractivity contribution >= 4 is 16.0 Å². The number of benzene rings is 1. The maximum Gasteiger partial charge on any atom is 0.339 e. The van der Waals surface area contributed by atoms with Gasteiger partial charge in [-0.15, -0.1) is 0 Å². The van der Waals surface area contributed by atoms with E-state index in [1.165, 1.54) is 12.1 Å². The van der Waals surface area contributed by atoms with Crippen LogP contribution >= 0.6 is 0 Å². The van der Waals surface area contributed by atoms with Crippen molar-refractivity contribution in [1.82, 2.24) is 4.72 Å². The molecule has 1 aromatic rings. The molecule has 0 radical (unpaired) electrons. The summed E-state index contributed by atoms with van der Waals surface area (Å²) >= 11 is 0. The molecule has 6 nitrogen and oxygen atoms in total. The molecular weight excluding hydrogens is 270 g/mol. The summed E-state index contributed by atoms with van der Waals surface area (Å²) in [4.78, 5) is 11.0. The molecule has 0 atom stereocenters. The Balaban J connectivity index is 3.26. The zero-order valence-corrected chi connectivity index (χ0v) is 11.8. The Labute approximate surface area is 112 Å². The number of ether oxygens (including phenoxy) is 1. The summed E-state index contributed by atoms with van der Waals surface area (Å²) in [5.74, 6) is -1.08. The average Bonchev–Trinajstić information content (AvgIpc) is 2.27. The normalized spacial score (nSPS) is 11.6. The number of hydrogen-bond donors (Lipinski definition) is 2. The van der Waals surface area contributed by atoms with Gasteiger partial charge in [-0.2, -0.15) is 0 Å². The van der Waals surface area contributed by atoms with Crippen LogP contribution in [0.3, 0.4) is 0 Å². The van der Waals surface area contributed by atoms with Gasteiger partial charge in [-0.25, -0.2) is 17.9 Å². The van der Waals surface area contributed by atoms with Crippen molar-refractivity contribution in [3.8, 4) is 5.75 Å². The molecule has 0 heterocycles. The fraction of sp³-hybridized carbons (Fsp3) is 0.417. The van der Waals surface area contributed by atoms with Crippen LogP contribution in [0.1, 0.15) is 31.1 Å². The maximum atomic E-state index is 11.9. The second-order valence-electron chi connectivity index (χ2n) is 4.17. The van der Waals surface area contributed by atoms with E-state index in [-0.39, 0.29) is 22.3 Å². The number of carboxylic acid groups (broad SMARTS) is 1. The van der Waals surface area contributed by atoms with Crippen molar-refractivity contribution in [2.45, 2.75) is 31.7 Å². The first-order chi connectivity index (χ1) is 8.77. The molecule has 0 amide bonds. The number of carboxylic acids is 1. The summed E-state index contributed by atoms with van der Waals surface area (Å²) in [6.07, 6.45) is 0. The largest absolute Gasteiger partial charge is 0.493 e. The predicted octanol–water partition coefficient (Wildman–Crippen LogP) is 1.47. The third-order valence-electron chi connectivity index (χ3n) is 2.18. The predicted molar refractivity (Wildman–Crippen MR) is 70.0 cm³/mol. The molecule has 106 valence electrons. The fourth-order valence-electron chi connectivity index (χ4n) is 1.50. The van der Waals surface area contributed by atoms with E-state index in [4.69, 9.17) is 9.84 Å². The molecule has 7 heteroatoms. The van der Waals surface area contributed by atoms with Gasteiger partial charge < -0.3 is 9.84 Å². The van der Waals surface area contributed by atoms with Crippen molar-refractivity contribution in [1.29, 1.82) is 0 Å². The average molecular weight is 287 g/mol. The van der Waals surface area contributed by atoms with Crippen LogP contribution in [0, 0.1) is 0 Å². The maximum absolute atomic E-state index is 11.9. The first-order valence-corrected chi connectivity index (χ1v) is 7.28. The minimum absolute atomic E-state index is 0.0953. The van der Waals surface area contributed by atoms with Crippen LogP contribution in [0.25, 0.3) is 0 Å². The quantitative estimate of drug-likeness (QED) is 0.826. The minimum Gasteiger partial charge on any atom is -0.493 e. The second kappa shape index (κ2) is 6.03. The summed E-state index contributed by atoms with van der Waals surface area (Å²) in [6, 6.07) is 3.49. The molecule has 0 bridgehead atoms. The van der Waals surface area contributed by atoms with Crippen molar-refractivity contribution in [3.63, 3.8) is 0 Å². The van der Waals surface area contributed by atoms with E-state index < -0.39 is 16.0 Å². The highest BCUT2D eigenvalue weighted by Gasteiger charge is 2.20. The molecule has 19 heavy (non-hydrogen) atoms. The van der Waals surface area contributed by atoms with Gasteiger partial charge in [0.25, 0.3) is 0 Å². The second-order valence-corrected chi connectivity index (χ2v) is 5.89. The van der Waals surface area contributed by atoms with Crippen LogP contribution in [-0.4, -0.2) is 32.1 Å². The van der Waals surface area contributed by atoms with Gasteiger partial charge in [-0.05, 0) is 39.0 Å². The van der Waals surface area contributed by atoms with E-state index in [9.17, 15) is 13.2 Å². The number of rotatable bonds is 6. The van der Waals surface area contributed by atoms with Gasteiger partial charge in [0.05, 0.1) is 11.5 Å². The summed E-state index contributed by atoms with van der Waals surface area (Å²) in [5.41, 5.74) is -0.173. The van der Waals surface area contributed by atoms with Gasteiger partial charge in [0.2, 0.25) is 10.0 Å². The first kappa shape index (κ1) is 15.5. The molecule has 2 N–H and O–H groups in total. The van der Waals surface area contributed by atoms with E-state index in [0.29, 0.717) is 6.61 Å². The highest BCUT2D eigenvalue weighted by molar-refractivity contribution is 7.89. The van der Waals surface area contributed by atoms with Crippen LogP contribution in [0.15, 0.2) is 23.1 Å². The number of aromatic carboxylic acids is 1. The van der Waals surface area contributed by atoms with Gasteiger partial charge in [-0.3, -0.25) is 0 Å². The van der Waals surface area contributed by atoms with Gasteiger partial charge in [0.15, 0.2) is 0 Å². The Morgan fingerprint density at radius 2 is 2.05 bits per heavy atom. The highest BCUT2D eigenvalue weighted by atomic mass is 32.2. The van der Waals surface area contributed by atoms with E-state index in [0.717, 1.165) is 6.07 Å². The third-order valence-corrected chi connectivity index (χ3v) is 3.84. The van der Waals surface area contributed by atoms with E-state index in [1.807, 2.05) is 0 Å². The van der Waals surface area contributed by atoms with Gasteiger partial charge in [0.1, 0.15) is 11.3 Å². The Kier molecular flexibility index (Phi) is 4.90. The Hall–Kier alpha value is -1.60. The molecule has 0 unspecified atom stereocenters. The molecule has 1 aromatic carbocycles. The molecule has 0 aliphatic carbocycles. The number of nitrogens with one attached hydrogen (secondary N) is 1. The molecule has 0 aliphatic heterocycles. The van der Waals surface area contributed by atoms with Gasteiger partial charge >= 0.3 is 5.97 Å². The summed E-state index contributed by atoms with van der Waals surface area (Å²) in [6.45, 7) is 5.39. The Morgan fingerprint density at radius 3 is 2.53 bits per heavy atom. The zero-order valence-electron chi connectivity index (χ0n) is 11.0. The number of carbonyl (C=O) groups is 1. The van der Waals surface area contributed by atoms with Crippen LogP contribution in [0.5, 0.6) is 5.75 Å². The van der Waals surface area contributed by atoms with Crippen molar-refractivity contribution < 1.29 is 23.1 Å². The highest BCUT2D eigenvalue weighted by Crippen LogP contribution is 2.23. The van der Waals surface area contributed by atoms with Crippen molar-refractivity contribution in [2.75, 3.05) is 6.61 Å². The summed E-state index contributed by atoms with van der Waals surface area (Å²) in [7, 11) is -3.72. The molecular formula is C12H17NO5S. The lowest BCUT2D eigenvalue weighted by molar-refractivity contribution is 0.0692. The number of sulfonamides is 1.